The Hall–Kier alpha value is -9.83. The van der Waals surface area contributed by atoms with Crippen molar-refractivity contribution in [2.75, 3.05) is 62.5 Å². The van der Waals surface area contributed by atoms with Crippen molar-refractivity contribution >= 4 is 128 Å². The summed E-state index contributed by atoms with van der Waals surface area (Å²) in [5.74, 6) is 0.0617. The van der Waals surface area contributed by atoms with Crippen LogP contribution in [0.3, 0.4) is 0 Å². The smallest absolute Gasteiger partial charge is 0.486 e. The van der Waals surface area contributed by atoms with Crippen LogP contribution in [0.2, 0.25) is 56.5 Å². The summed E-state index contributed by atoms with van der Waals surface area (Å²) in [5.41, 5.74) is 9.31. The van der Waals surface area contributed by atoms with Gasteiger partial charge < -0.3 is 47.7 Å². The lowest BCUT2D eigenvalue weighted by atomic mass is 9.77. The number of ether oxygens (including phenoxy) is 4. The maximum absolute atomic E-state index is 13.8. The number of carbonyl (C=O) groups is 2. The summed E-state index contributed by atoms with van der Waals surface area (Å²) in [7, 11) is -4.88. The Labute approximate surface area is 656 Å². The molecule has 0 bridgehead atoms. The third kappa shape index (κ3) is 16.1. The molecule has 586 valence electrons. The number of carbonyl (C=O) groups excluding carboxylic acids is 2. The summed E-state index contributed by atoms with van der Waals surface area (Å²) >= 11 is 6.15. The topological polar surface area (TPSA) is 276 Å². The quantitative estimate of drug-likeness (QED) is 0.0407. The van der Waals surface area contributed by atoms with E-state index in [1.807, 2.05) is 62.6 Å². The second-order valence-corrected chi connectivity index (χ2v) is 46.8. The number of anilines is 2. The van der Waals surface area contributed by atoms with Gasteiger partial charge in [-0.25, -0.2) is 45.6 Å². The van der Waals surface area contributed by atoms with Gasteiger partial charge in [0.1, 0.15) is 100 Å². The number of benzene rings is 4. The molecule has 1 saturated heterocycles. The molecule has 3 aliphatic rings. The van der Waals surface area contributed by atoms with Gasteiger partial charge >= 0.3 is 7.12 Å². The molecule has 11 heterocycles. The first-order valence-electron chi connectivity index (χ1n) is 36.3. The maximum Gasteiger partial charge on any atom is 0.497 e. The van der Waals surface area contributed by atoms with Crippen LogP contribution in [0, 0.1) is 11.6 Å². The van der Waals surface area contributed by atoms with E-state index in [9.17, 15) is 35.2 Å². The highest BCUT2D eigenvalue weighted by molar-refractivity contribution is 7.92. The maximum atomic E-state index is 13.8. The fourth-order valence-corrected chi connectivity index (χ4v) is 16.1. The van der Waals surface area contributed by atoms with Gasteiger partial charge in [0.05, 0.1) is 63.3 Å². The normalized spacial score (nSPS) is 14.3. The minimum absolute atomic E-state index is 0.219. The molecule has 3 aliphatic heterocycles. The van der Waals surface area contributed by atoms with Crippen LogP contribution >= 0.6 is 11.6 Å². The largest absolute Gasteiger partial charge is 0.497 e. The van der Waals surface area contributed by atoms with Crippen molar-refractivity contribution in [2.24, 2.45) is 0 Å². The van der Waals surface area contributed by atoms with Crippen LogP contribution in [0.15, 0.2) is 143 Å². The molecule has 15 rings (SSSR count). The molecule has 1 fully saturated rings. The van der Waals surface area contributed by atoms with Gasteiger partial charge in [-0.3, -0.25) is 27.3 Å². The summed E-state index contributed by atoms with van der Waals surface area (Å²) in [6.45, 7) is 24.5. The lowest BCUT2D eigenvalue weighted by Crippen LogP contribution is -2.41. The molecule has 0 unspecified atom stereocenters. The van der Waals surface area contributed by atoms with Crippen molar-refractivity contribution in [2.45, 2.75) is 117 Å². The lowest BCUT2D eigenvalue weighted by molar-refractivity contribution is 0.00578. The first-order valence-corrected chi connectivity index (χ1v) is 47.8. The van der Waals surface area contributed by atoms with E-state index in [0.717, 1.165) is 95.8 Å². The number of rotatable bonds is 20. The summed E-state index contributed by atoms with van der Waals surface area (Å²) in [6, 6.07) is 34.9. The molecule has 12 aromatic rings. The molecular weight excluding hydrogens is 1530 g/mol. The van der Waals surface area contributed by atoms with Gasteiger partial charge in [-0.05, 0) is 149 Å². The standard InChI is InChI=1S/C37H38FN5O6SSi.C24H28BFN2O6S.C19H22ClN3O2Si/c1-39-37(44)32-26-18-25(29(42(2)50(3,45)46)19-31(26)49-35(32)22-9-11-23(38)12-10-22)28-13-14-30-33(41-28)34-27(20-48-30)24-8-7-15-40-36(24)43(34)21-47-16-17-51(4,5)6;1-23(2)24(3,4)34-25(33-23)17-12-16-19(13-18(17)28(6)35(7,30)31)32-21(20(16)22(29)27-5)14-8-10-15(26)11-9-14;1-26(2,3)10-9-24-12-23-18-14(13-5-4-8-21-19(13)23)11-25-15-6-7-16(20)22-17(15)18/h7-15,18-19H,16-17,20-21H2,1-6H3,(H,39,44);8-13H,1-7H3,(H,27,29);4-8H,9-12H2,1-3H3. The van der Waals surface area contributed by atoms with Gasteiger partial charge in [-0.15, -0.1) is 0 Å². The molecule has 112 heavy (non-hydrogen) atoms. The van der Waals surface area contributed by atoms with Crippen molar-refractivity contribution < 1.29 is 72.3 Å². The van der Waals surface area contributed by atoms with Gasteiger partial charge in [-0.2, -0.15) is 0 Å². The Kier molecular flexibility index (Phi) is 22.2. The lowest BCUT2D eigenvalue weighted by Gasteiger charge is -2.32. The first-order chi connectivity index (χ1) is 52.8. The van der Waals surface area contributed by atoms with Crippen molar-refractivity contribution in [3.63, 3.8) is 0 Å². The van der Waals surface area contributed by atoms with E-state index in [1.165, 1.54) is 76.7 Å². The molecule has 4 aromatic carbocycles. The molecule has 24 nitrogen and oxygen atoms in total. The highest BCUT2D eigenvalue weighted by Gasteiger charge is 2.53. The van der Waals surface area contributed by atoms with Crippen LogP contribution in [0.5, 0.6) is 11.5 Å². The van der Waals surface area contributed by atoms with Crippen LogP contribution in [-0.2, 0) is 65.5 Å². The van der Waals surface area contributed by atoms with Crippen molar-refractivity contribution in [1.29, 1.82) is 0 Å². The van der Waals surface area contributed by atoms with E-state index in [2.05, 4.69) is 70.5 Å². The van der Waals surface area contributed by atoms with Crippen molar-refractivity contribution in [3.8, 4) is 68.2 Å². The predicted molar refractivity (Wildman–Crippen MR) is 439 cm³/mol. The average molecular weight is 1620 g/mol. The number of hydrogen-bond donors (Lipinski definition) is 2. The highest BCUT2D eigenvalue weighted by Crippen LogP contribution is 2.48. The number of fused-ring (bicyclic) bond motifs is 12. The van der Waals surface area contributed by atoms with E-state index in [4.69, 9.17) is 58.7 Å². The third-order valence-corrected chi connectivity index (χ3v) is 26.4. The monoisotopic (exact) mass is 1620 g/mol. The number of nitrogens with one attached hydrogen (secondary N) is 2. The van der Waals surface area contributed by atoms with Crippen molar-refractivity contribution in [3.05, 3.63) is 173 Å². The van der Waals surface area contributed by atoms with E-state index in [-0.39, 0.29) is 46.2 Å². The van der Waals surface area contributed by atoms with Crippen LogP contribution in [0.4, 0.5) is 20.2 Å². The summed E-state index contributed by atoms with van der Waals surface area (Å²) < 4.78 is 134. The highest BCUT2D eigenvalue weighted by atomic mass is 35.5. The van der Waals surface area contributed by atoms with Gasteiger partial charge in [0.2, 0.25) is 20.0 Å². The Bertz CT molecular complexity index is 5890. The number of sulfonamides is 2. The predicted octanol–water partition coefficient (Wildman–Crippen LogP) is 15.5. The zero-order valence-corrected chi connectivity index (χ0v) is 69.6. The number of pyridine rings is 4. The Morgan fingerprint density at radius 3 is 1.46 bits per heavy atom. The number of furan rings is 2. The molecule has 8 aromatic heterocycles. The van der Waals surface area contributed by atoms with Crippen LogP contribution in [-0.4, -0.2) is 146 Å². The zero-order valence-electron chi connectivity index (χ0n) is 65.2. The van der Waals surface area contributed by atoms with E-state index < -0.39 is 78.0 Å². The van der Waals surface area contributed by atoms with Gasteiger partial charge in [-0.1, -0.05) is 50.9 Å². The second-order valence-electron chi connectivity index (χ2n) is 31.2. The second kappa shape index (κ2) is 30.9. The number of amides is 2. The average Bonchev–Trinajstić information content (AvgIpc) is 1.57. The molecule has 0 saturated carbocycles. The molecule has 0 aliphatic carbocycles. The van der Waals surface area contributed by atoms with E-state index in [0.29, 0.717) is 87.5 Å². The summed E-state index contributed by atoms with van der Waals surface area (Å²) in [4.78, 5) is 45.3. The number of hydrogen-bond acceptors (Lipinski definition) is 18. The number of halogens is 3. The van der Waals surface area contributed by atoms with Crippen LogP contribution < -0.4 is 34.2 Å². The molecule has 0 radical (unpaired) electrons. The zero-order chi connectivity index (χ0) is 80.5. The molecule has 0 atom stereocenters. The number of aromatic nitrogens is 6. The van der Waals surface area contributed by atoms with E-state index in [1.54, 1.807) is 48.8 Å². The van der Waals surface area contributed by atoms with Gasteiger partial charge in [0.15, 0.2) is 0 Å². The van der Waals surface area contributed by atoms with Gasteiger partial charge in [0, 0.05) is 137 Å². The molecular formula is C80H88BClF2N10O14S2Si2. The summed E-state index contributed by atoms with van der Waals surface area (Å²) in [6.07, 6.45) is 5.75. The fraction of sp³-hybridized carbons (Fsp3) is 0.325. The minimum atomic E-state index is -3.76. The SMILES string of the molecule is CNC(=O)c1c(-c2ccc(F)cc2)oc2cc(N(C)S(C)(=O)=O)c(-c3ccc4c(n3)-c3c(c5cccnc5n3COCC[Si](C)(C)C)CO4)cc12.CNC(=O)c1c(-c2ccc(F)cc2)oc2cc(N(C)S(C)(=O)=O)c(B3OC(C)(C)C(C)(C)O3)cc12.C[Si](C)(C)CCOCn1c2c(c3cccnc31)COc1ccc(Cl)nc1-2. The Balaban J connectivity index is 0.000000156. The van der Waals surface area contributed by atoms with Crippen LogP contribution in [0.25, 0.3) is 101 Å². The molecule has 0 spiro atoms. The molecule has 2 N–H and O–H groups in total. The first kappa shape index (κ1) is 80.2. The van der Waals surface area contributed by atoms with E-state index >= 15 is 0 Å². The minimum Gasteiger partial charge on any atom is -0.486 e. The third-order valence-electron chi connectivity index (χ3n) is 20.4. The van der Waals surface area contributed by atoms with Crippen molar-refractivity contribution in [1.82, 2.24) is 39.7 Å². The number of nitrogens with zero attached hydrogens (tertiary/aromatic N) is 8. The Morgan fingerprint density at radius 2 is 1.02 bits per heavy atom. The molecule has 2 amide bonds. The Morgan fingerprint density at radius 1 is 0.589 bits per heavy atom. The fourth-order valence-electron chi connectivity index (χ4n) is 13.4. The molecule has 32 heteroatoms. The summed E-state index contributed by atoms with van der Waals surface area (Å²) in [5, 5.41) is 8.61. The van der Waals surface area contributed by atoms with Gasteiger partial charge in [0.25, 0.3) is 11.8 Å². The van der Waals surface area contributed by atoms with Crippen LogP contribution in [0.1, 0.15) is 59.5 Å².